The molecule has 0 radical (unpaired) electrons. The summed E-state index contributed by atoms with van der Waals surface area (Å²) in [5.41, 5.74) is 10.2. The highest BCUT2D eigenvalue weighted by atomic mass is 16.6. The van der Waals surface area contributed by atoms with E-state index in [1.807, 2.05) is 24.3 Å². The van der Waals surface area contributed by atoms with Crippen LogP contribution < -0.4 is 11.1 Å². The van der Waals surface area contributed by atoms with Crippen LogP contribution in [0.3, 0.4) is 0 Å². The van der Waals surface area contributed by atoms with Crippen LogP contribution in [0.2, 0.25) is 0 Å². The minimum atomic E-state index is 0.539. The SMILES string of the molecule is Nc1ccc(Nc2ccc3[nH]ncc3c2)c2nonc12. The molecule has 0 amide bonds. The Labute approximate surface area is 112 Å². The molecular weight excluding hydrogens is 256 g/mol. The zero-order chi connectivity index (χ0) is 13.5. The van der Waals surface area contributed by atoms with Gasteiger partial charge in [0, 0.05) is 11.1 Å². The van der Waals surface area contributed by atoms with E-state index in [0.717, 1.165) is 22.3 Å². The molecule has 0 atom stereocenters. The molecule has 4 aromatic rings. The van der Waals surface area contributed by atoms with Crippen molar-refractivity contribution < 1.29 is 4.63 Å². The molecule has 2 heterocycles. The number of H-pyrrole nitrogens is 1. The van der Waals surface area contributed by atoms with Crippen molar-refractivity contribution >= 4 is 39.0 Å². The highest BCUT2D eigenvalue weighted by molar-refractivity contribution is 5.96. The normalized spacial score (nSPS) is 11.2. The maximum atomic E-state index is 5.82. The molecular formula is C13H10N6O. The topological polar surface area (TPSA) is 106 Å². The van der Waals surface area contributed by atoms with Crippen LogP contribution in [0.5, 0.6) is 0 Å². The molecule has 0 saturated heterocycles. The van der Waals surface area contributed by atoms with Gasteiger partial charge >= 0.3 is 0 Å². The molecule has 20 heavy (non-hydrogen) atoms. The minimum absolute atomic E-state index is 0.539. The quantitative estimate of drug-likeness (QED) is 0.481. The molecule has 98 valence electrons. The molecule has 0 aliphatic heterocycles. The van der Waals surface area contributed by atoms with Gasteiger partial charge in [0.25, 0.3) is 0 Å². The van der Waals surface area contributed by atoms with Crippen LogP contribution in [0.4, 0.5) is 17.1 Å². The van der Waals surface area contributed by atoms with Crippen molar-refractivity contribution in [3.05, 3.63) is 36.5 Å². The minimum Gasteiger partial charge on any atom is -0.397 e. The lowest BCUT2D eigenvalue weighted by Crippen LogP contribution is -1.94. The van der Waals surface area contributed by atoms with Gasteiger partial charge in [0.1, 0.15) is 0 Å². The van der Waals surface area contributed by atoms with E-state index < -0.39 is 0 Å². The molecule has 0 unspecified atom stereocenters. The number of aromatic nitrogens is 4. The fourth-order valence-corrected chi connectivity index (χ4v) is 2.16. The summed E-state index contributed by atoms with van der Waals surface area (Å²) < 4.78 is 4.75. The summed E-state index contributed by atoms with van der Waals surface area (Å²) in [4.78, 5) is 0. The third-order valence-corrected chi connectivity index (χ3v) is 3.17. The second-order valence-electron chi connectivity index (χ2n) is 4.46. The molecule has 0 bridgehead atoms. The van der Waals surface area contributed by atoms with Gasteiger partial charge in [0.2, 0.25) is 0 Å². The van der Waals surface area contributed by atoms with Gasteiger partial charge in [-0.2, -0.15) is 5.10 Å². The summed E-state index contributed by atoms with van der Waals surface area (Å²) in [7, 11) is 0. The van der Waals surface area contributed by atoms with Crippen molar-refractivity contribution in [1.29, 1.82) is 0 Å². The van der Waals surface area contributed by atoms with Gasteiger partial charge in [0.15, 0.2) is 11.0 Å². The molecule has 0 aliphatic carbocycles. The van der Waals surface area contributed by atoms with Gasteiger partial charge < -0.3 is 11.1 Å². The Bertz CT molecular complexity index is 909. The fourth-order valence-electron chi connectivity index (χ4n) is 2.16. The molecule has 7 nitrogen and oxygen atoms in total. The number of benzene rings is 2. The molecule has 4 N–H and O–H groups in total. The Morgan fingerprint density at radius 2 is 2.00 bits per heavy atom. The highest BCUT2D eigenvalue weighted by Crippen LogP contribution is 2.28. The van der Waals surface area contributed by atoms with Gasteiger partial charge in [0.05, 0.1) is 23.1 Å². The number of nitrogens with two attached hydrogens (primary N) is 1. The summed E-state index contributed by atoms with van der Waals surface area (Å²) in [6.07, 6.45) is 1.77. The number of nitrogens with zero attached hydrogens (tertiary/aromatic N) is 3. The van der Waals surface area contributed by atoms with Crippen molar-refractivity contribution in [2.45, 2.75) is 0 Å². The Morgan fingerprint density at radius 1 is 1.10 bits per heavy atom. The van der Waals surface area contributed by atoms with E-state index >= 15 is 0 Å². The number of anilines is 3. The van der Waals surface area contributed by atoms with E-state index in [1.165, 1.54) is 0 Å². The zero-order valence-corrected chi connectivity index (χ0v) is 10.3. The van der Waals surface area contributed by atoms with Crippen molar-refractivity contribution in [1.82, 2.24) is 20.5 Å². The smallest absolute Gasteiger partial charge is 0.160 e. The van der Waals surface area contributed by atoms with Crippen molar-refractivity contribution in [3.63, 3.8) is 0 Å². The van der Waals surface area contributed by atoms with E-state index in [-0.39, 0.29) is 0 Å². The Balaban J connectivity index is 1.80. The van der Waals surface area contributed by atoms with E-state index in [4.69, 9.17) is 10.4 Å². The Kier molecular flexibility index (Phi) is 2.13. The maximum Gasteiger partial charge on any atom is 0.160 e. The monoisotopic (exact) mass is 266 g/mol. The number of hydrogen-bond donors (Lipinski definition) is 3. The molecule has 0 fully saturated rings. The van der Waals surface area contributed by atoms with Gasteiger partial charge in [-0.1, -0.05) is 0 Å². The van der Waals surface area contributed by atoms with E-state index in [2.05, 4.69) is 25.8 Å². The molecule has 7 heteroatoms. The standard InChI is InChI=1S/C13H10N6O/c14-9-2-4-11(13-12(9)18-20-19-13)16-8-1-3-10-7(5-8)6-15-17-10/h1-6,16H,14H2,(H,15,17). The van der Waals surface area contributed by atoms with Gasteiger partial charge in [-0.05, 0) is 40.6 Å². The summed E-state index contributed by atoms with van der Waals surface area (Å²) in [6.45, 7) is 0. The number of hydrogen-bond acceptors (Lipinski definition) is 6. The molecule has 4 rings (SSSR count). The van der Waals surface area contributed by atoms with Gasteiger partial charge in [-0.15, -0.1) is 0 Å². The molecule has 2 aromatic heterocycles. The number of nitrogens with one attached hydrogen (secondary N) is 2. The van der Waals surface area contributed by atoms with Crippen molar-refractivity contribution in [3.8, 4) is 0 Å². The first kappa shape index (κ1) is 10.8. The second-order valence-corrected chi connectivity index (χ2v) is 4.46. The predicted octanol–water partition coefficient (Wildman–Crippen LogP) is 2.42. The van der Waals surface area contributed by atoms with Crippen LogP contribution >= 0.6 is 0 Å². The summed E-state index contributed by atoms with van der Waals surface area (Å²) in [5.74, 6) is 0. The van der Waals surface area contributed by atoms with E-state index in [9.17, 15) is 0 Å². The average Bonchev–Trinajstić information content (AvgIpc) is 3.10. The predicted molar refractivity (Wildman–Crippen MR) is 75.6 cm³/mol. The molecule has 0 aliphatic rings. The van der Waals surface area contributed by atoms with Crippen LogP contribution in [0.15, 0.2) is 41.2 Å². The second kappa shape index (κ2) is 3.95. The first-order valence-corrected chi connectivity index (χ1v) is 6.02. The number of rotatable bonds is 2. The molecule has 0 saturated carbocycles. The third kappa shape index (κ3) is 1.57. The largest absolute Gasteiger partial charge is 0.397 e. The van der Waals surface area contributed by atoms with E-state index in [1.54, 1.807) is 12.3 Å². The first-order chi connectivity index (χ1) is 9.81. The Hall–Kier alpha value is -3.09. The average molecular weight is 266 g/mol. The van der Waals surface area contributed by atoms with Gasteiger partial charge in [-0.25, -0.2) is 4.63 Å². The third-order valence-electron chi connectivity index (χ3n) is 3.17. The maximum absolute atomic E-state index is 5.82. The molecule has 2 aromatic carbocycles. The first-order valence-electron chi connectivity index (χ1n) is 6.02. The summed E-state index contributed by atoms with van der Waals surface area (Å²) >= 11 is 0. The van der Waals surface area contributed by atoms with Gasteiger partial charge in [-0.3, -0.25) is 5.10 Å². The van der Waals surface area contributed by atoms with Crippen LogP contribution in [0, 0.1) is 0 Å². The lowest BCUT2D eigenvalue weighted by molar-refractivity contribution is 0.316. The lowest BCUT2D eigenvalue weighted by atomic mass is 10.2. The number of fused-ring (bicyclic) bond motifs is 2. The van der Waals surface area contributed by atoms with E-state index in [0.29, 0.717) is 16.7 Å². The van der Waals surface area contributed by atoms with Crippen LogP contribution in [0.25, 0.3) is 21.9 Å². The molecule has 0 spiro atoms. The number of nitrogen functional groups attached to an aromatic ring is 1. The summed E-state index contributed by atoms with van der Waals surface area (Å²) in [5, 5.41) is 18.9. The van der Waals surface area contributed by atoms with Crippen molar-refractivity contribution in [2.24, 2.45) is 0 Å². The van der Waals surface area contributed by atoms with Crippen LogP contribution in [-0.4, -0.2) is 20.5 Å². The van der Waals surface area contributed by atoms with Crippen LogP contribution in [-0.2, 0) is 0 Å². The highest BCUT2D eigenvalue weighted by Gasteiger charge is 2.10. The van der Waals surface area contributed by atoms with Crippen molar-refractivity contribution in [2.75, 3.05) is 11.1 Å². The number of aromatic amines is 1. The Morgan fingerprint density at radius 3 is 2.95 bits per heavy atom. The zero-order valence-electron chi connectivity index (χ0n) is 10.3. The fraction of sp³-hybridized carbons (Fsp3) is 0. The van der Waals surface area contributed by atoms with Crippen LogP contribution in [0.1, 0.15) is 0 Å². The lowest BCUT2D eigenvalue weighted by Gasteiger charge is -2.07. The summed E-state index contributed by atoms with van der Waals surface area (Å²) in [6, 6.07) is 9.53.